The molecule has 12 heteroatoms. The van der Waals surface area contributed by atoms with Crippen LogP contribution < -0.4 is 0 Å². The predicted octanol–water partition coefficient (Wildman–Crippen LogP) is 18.5. The quantitative estimate of drug-likeness (QED) is 0.0197. The highest BCUT2D eigenvalue weighted by atomic mass is 31.2. The number of carbonyl (C=O) groups is 3. The van der Waals surface area contributed by atoms with E-state index in [2.05, 4.69) is 93.7 Å². The van der Waals surface area contributed by atoms with Crippen LogP contribution >= 0.6 is 7.82 Å². The van der Waals surface area contributed by atoms with Crippen LogP contribution in [0.5, 0.6) is 0 Å². The molecule has 0 aromatic rings. The summed E-state index contributed by atoms with van der Waals surface area (Å²) in [5.74, 6) is -1.49. The number of rotatable bonds is 57. The fourth-order valence-corrected chi connectivity index (χ4v) is 9.22. The first kappa shape index (κ1) is 72.9. The van der Waals surface area contributed by atoms with Crippen molar-refractivity contribution in [2.24, 2.45) is 0 Å². The van der Waals surface area contributed by atoms with Gasteiger partial charge in [0.15, 0.2) is 6.10 Å². The lowest BCUT2D eigenvalue weighted by Crippen LogP contribution is -2.30. The second-order valence-corrected chi connectivity index (χ2v) is 21.9. The molecule has 0 aliphatic heterocycles. The van der Waals surface area contributed by atoms with Crippen molar-refractivity contribution in [2.45, 2.75) is 290 Å². The number of phosphoric ester groups is 1. The summed E-state index contributed by atoms with van der Waals surface area (Å²) in [5, 5.41) is 9.83. The van der Waals surface area contributed by atoms with Gasteiger partial charge in [-0.15, -0.1) is 0 Å². The van der Waals surface area contributed by atoms with E-state index in [4.69, 9.17) is 23.3 Å². The zero-order valence-electron chi connectivity index (χ0n) is 48.7. The standard InChI is InChI=1S/C64H113O11P/c1-4-7-10-13-16-19-22-25-27-29-30-32-33-36-38-41-44-47-50-53-62(66)71-57-61(75-64(68)55-52-49-46-43-40-37-34-31-28-26-23-20-17-14-11-8-5-2)59-73-76(69,70)72-58-60(56-65)74-63(67)54-51-48-45-42-39-35-24-21-18-15-12-9-6-3/h8,11,16-17,19-20,25-28,34,37,60-61,65H,4-7,9-10,12-15,18,21-24,29-33,35-36,38-59H2,1-3H3,(H,69,70)/b11-8-,19-16-,20-17-,27-25-,28-26-,37-34-. The maximum absolute atomic E-state index is 12.9. The Hall–Kier alpha value is -3.08. The summed E-state index contributed by atoms with van der Waals surface area (Å²) in [4.78, 5) is 48.6. The zero-order chi connectivity index (χ0) is 55.5. The van der Waals surface area contributed by atoms with Crippen molar-refractivity contribution in [1.82, 2.24) is 0 Å². The lowest BCUT2D eigenvalue weighted by atomic mass is 10.0. The van der Waals surface area contributed by atoms with E-state index in [1.807, 2.05) is 0 Å². The molecule has 0 aromatic heterocycles. The van der Waals surface area contributed by atoms with Crippen molar-refractivity contribution in [3.05, 3.63) is 72.9 Å². The number of hydrogen-bond acceptors (Lipinski definition) is 10. The Kier molecular flexibility index (Phi) is 55.7. The number of ether oxygens (including phenoxy) is 3. The summed E-state index contributed by atoms with van der Waals surface area (Å²) in [5.41, 5.74) is 0. The van der Waals surface area contributed by atoms with Crippen molar-refractivity contribution in [3.63, 3.8) is 0 Å². The topological polar surface area (TPSA) is 155 Å². The number of allylic oxidation sites excluding steroid dienone is 12. The molecule has 0 bridgehead atoms. The minimum atomic E-state index is -4.76. The second-order valence-electron chi connectivity index (χ2n) is 20.5. The van der Waals surface area contributed by atoms with E-state index in [1.54, 1.807) is 0 Å². The molecular weight excluding hydrogens is 976 g/mol. The van der Waals surface area contributed by atoms with Gasteiger partial charge < -0.3 is 24.2 Å². The zero-order valence-corrected chi connectivity index (χ0v) is 49.6. The Morgan fingerprint density at radius 3 is 1.08 bits per heavy atom. The summed E-state index contributed by atoms with van der Waals surface area (Å²) in [6.07, 6.45) is 65.6. The normalized spacial score (nSPS) is 13.8. The molecular formula is C64H113O11P. The Morgan fingerprint density at radius 2 is 0.684 bits per heavy atom. The van der Waals surface area contributed by atoms with Gasteiger partial charge in [-0.25, -0.2) is 4.57 Å². The van der Waals surface area contributed by atoms with E-state index >= 15 is 0 Å². The van der Waals surface area contributed by atoms with Gasteiger partial charge in [0.2, 0.25) is 0 Å². The van der Waals surface area contributed by atoms with Gasteiger partial charge in [-0.1, -0.05) is 241 Å². The van der Waals surface area contributed by atoms with Gasteiger partial charge >= 0.3 is 25.7 Å². The van der Waals surface area contributed by atoms with Gasteiger partial charge in [-0.05, 0) is 89.9 Å². The van der Waals surface area contributed by atoms with Crippen LogP contribution in [0.3, 0.4) is 0 Å². The molecule has 3 unspecified atom stereocenters. The van der Waals surface area contributed by atoms with Crippen molar-refractivity contribution in [3.8, 4) is 0 Å². The third kappa shape index (κ3) is 55.7. The van der Waals surface area contributed by atoms with Crippen LogP contribution in [0.1, 0.15) is 278 Å². The van der Waals surface area contributed by atoms with Crippen molar-refractivity contribution >= 4 is 25.7 Å². The predicted molar refractivity (Wildman–Crippen MR) is 316 cm³/mol. The lowest BCUT2D eigenvalue weighted by molar-refractivity contribution is -0.161. The third-order valence-corrected chi connectivity index (χ3v) is 14.1. The van der Waals surface area contributed by atoms with E-state index in [1.165, 1.54) is 116 Å². The molecule has 0 heterocycles. The molecule has 0 fully saturated rings. The summed E-state index contributed by atoms with van der Waals surface area (Å²) < 4.78 is 39.6. The van der Waals surface area contributed by atoms with Crippen LogP contribution in [0.15, 0.2) is 72.9 Å². The number of carbonyl (C=O) groups excluding carboxylic acids is 3. The Labute approximate surface area is 465 Å². The van der Waals surface area contributed by atoms with Crippen LogP contribution in [-0.4, -0.2) is 66.5 Å². The van der Waals surface area contributed by atoms with Crippen LogP contribution in [0.2, 0.25) is 0 Å². The maximum Gasteiger partial charge on any atom is 0.472 e. The third-order valence-electron chi connectivity index (χ3n) is 13.1. The molecule has 2 N–H and O–H groups in total. The summed E-state index contributed by atoms with van der Waals surface area (Å²) in [6.45, 7) is 4.50. The molecule has 440 valence electrons. The van der Waals surface area contributed by atoms with Crippen LogP contribution in [0, 0.1) is 0 Å². The van der Waals surface area contributed by atoms with Gasteiger partial charge in [0, 0.05) is 19.3 Å². The summed E-state index contributed by atoms with van der Waals surface area (Å²) in [7, 11) is -4.76. The van der Waals surface area contributed by atoms with E-state index in [9.17, 15) is 28.9 Å². The molecule has 11 nitrogen and oxygen atoms in total. The van der Waals surface area contributed by atoms with Crippen LogP contribution in [0.4, 0.5) is 0 Å². The second kappa shape index (κ2) is 58.1. The molecule has 0 radical (unpaired) electrons. The first-order valence-corrected chi connectivity index (χ1v) is 32.3. The van der Waals surface area contributed by atoms with E-state index in [-0.39, 0.29) is 25.9 Å². The molecule has 0 amide bonds. The summed E-state index contributed by atoms with van der Waals surface area (Å²) in [6, 6.07) is 0. The van der Waals surface area contributed by atoms with Crippen LogP contribution in [0.25, 0.3) is 0 Å². The van der Waals surface area contributed by atoms with Crippen LogP contribution in [-0.2, 0) is 42.2 Å². The number of unbranched alkanes of at least 4 members (excludes halogenated alkanes) is 28. The van der Waals surface area contributed by atoms with E-state index < -0.39 is 57.8 Å². The van der Waals surface area contributed by atoms with Crippen molar-refractivity contribution in [2.75, 3.05) is 26.4 Å². The molecule has 0 aliphatic rings. The first-order chi connectivity index (χ1) is 37.2. The van der Waals surface area contributed by atoms with E-state index in [0.717, 1.165) is 103 Å². The minimum absolute atomic E-state index is 0.138. The molecule has 76 heavy (non-hydrogen) atoms. The van der Waals surface area contributed by atoms with E-state index in [0.29, 0.717) is 19.3 Å². The maximum atomic E-state index is 12.9. The smallest absolute Gasteiger partial charge is 0.462 e. The molecule has 0 saturated heterocycles. The molecule has 0 aromatic carbocycles. The Morgan fingerprint density at radius 1 is 0.382 bits per heavy atom. The van der Waals surface area contributed by atoms with Gasteiger partial charge in [0.1, 0.15) is 12.7 Å². The number of hydrogen-bond donors (Lipinski definition) is 2. The average molecular weight is 1090 g/mol. The Balaban J connectivity index is 4.74. The van der Waals surface area contributed by atoms with Gasteiger partial charge in [0.05, 0.1) is 19.8 Å². The SMILES string of the molecule is CC/C=C\C/C=C\C/C=C\C/C=C\CCCCCCC(=O)OC(COC(=O)CCCCCCCCCCC/C=C\C/C=C\CCCCC)COP(=O)(O)OCC(CO)OC(=O)CCCCCCCCCCCCCCC. The Bertz CT molecular complexity index is 1550. The molecule has 0 spiro atoms. The highest BCUT2D eigenvalue weighted by Gasteiger charge is 2.28. The van der Waals surface area contributed by atoms with Gasteiger partial charge in [0.25, 0.3) is 0 Å². The van der Waals surface area contributed by atoms with Gasteiger partial charge in [-0.3, -0.25) is 23.4 Å². The molecule has 0 saturated carbocycles. The molecule has 0 aliphatic carbocycles. The summed E-state index contributed by atoms with van der Waals surface area (Å²) >= 11 is 0. The monoisotopic (exact) mass is 1090 g/mol. The first-order valence-electron chi connectivity index (χ1n) is 30.8. The largest absolute Gasteiger partial charge is 0.472 e. The van der Waals surface area contributed by atoms with Crippen molar-refractivity contribution in [1.29, 1.82) is 0 Å². The minimum Gasteiger partial charge on any atom is -0.462 e. The highest BCUT2D eigenvalue weighted by molar-refractivity contribution is 7.47. The fraction of sp³-hybridized carbons (Fsp3) is 0.766. The number of aliphatic hydroxyl groups excluding tert-OH is 1. The molecule has 3 atom stereocenters. The number of phosphoric acid groups is 1. The number of esters is 3. The number of aliphatic hydroxyl groups is 1. The van der Waals surface area contributed by atoms with Crippen molar-refractivity contribution < 1.29 is 52.2 Å². The van der Waals surface area contributed by atoms with Gasteiger partial charge in [-0.2, -0.15) is 0 Å². The highest BCUT2D eigenvalue weighted by Crippen LogP contribution is 2.43. The molecule has 0 rings (SSSR count). The lowest BCUT2D eigenvalue weighted by Gasteiger charge is -2.21. The fourth-order valence-electron chi connectivity index (χ4n) is 8.44. The average Bonchev–Trinajstić information content (AvgIpc) is 3.41.